The second-order valence-corrected chi connectivity index (χ2v) is 8.51. The first-order valence-electron chi connectivity index (χ1n) is 9.79. The van der Waals surface area contributed by atoms with Crippen LogP contribution in [0.25, 0.3) is 0 Å². The molecule has 1 aromatic rings. The van der Waals surface area contributed by atoms with Crippen molar-refractivity contribution in [3.05, 3.63) is 29.8 Å². The van der Waals surface area contributed by atoms with E-state index in [0.717, 1.165) is 11.3 Å². The van der Waals surface area contributed by atoms with E-state index in [1.165, 1.54) is 0 Å². The number of hydrogen-bond acceptors (Lipinski definition) is 5. The van der Waals surface area contributed by atoms with Crippen LogP contribution in [-0.2, 0) is 18.8 Å². The van der Waals surface area contributed by atoms with Crippen molar-refractivity contribution >= 4 is 13.1 Å². The van der Waals surface area contributed by atoms with Crippen LogP contribution >= 0.6 is 0 Å². The lowest BCUT2D eigenvalue weighted by Gasteiger charge is -2.32. The van der Waals surface area contributed by atoms with Crippen LogP contribution < -0.4 is 4.74 Å². The fraction of sp³-hybridized carbons (Fsp3) is 0.667. The molecule has 0 saturated carbocycles. The molecule has 1 atom stereocenters. The summed E-state index contributed by atoms with van der Waals surface area (Å²) in [6.45, 7) is 15.1. The van der Waals surface area contributed by atoms with E-state index in [2.05, 4.69) is 13.8 Å². The average Bonchev–Trinajstić information content (AvgIpc) is 2.79. The third-order valence-electron chi connectivity index (χ3n) is 5.18. The van der Waals surface area contributed by atoms with E-state index in [-0.39, 0.29) is 18.2 Å². The molecular weight excluding hydrogens is 343 g/mol. The summed E-state index contributed by atoms with van der Waals surface area (Å²) in [5.74, 6) is 0.781. The molecule has 2 rings (SSSR count). The van der Waals surface area contributed by atoms with Gasteiger partial charge in [-0.15, -0.1) is 0 Å². The molecule has 1 unspecified atom stereocenters. The number of benzene rings is 1. The van der Waals surface area contributed by atoms with E-state index in [1.54, 1.807) is 0 Å². The maximum Gasteiger partial charge on any atom is 0.466 e. The highest BCUT2D eigenvalue weighted by Gasteiger charge is 2.54. The molecule has 150 valence electrons. The van der Waals surface area contributed by atoms with Crippen molar-refractivity contribution in [1.29, 1.82) is 0 Å². The first kappa shape index (κ1) is 21.8. The summed E-state index contributed by atoms with van der Waals surface area (Å²) < 4.78 is 23.3. The normalized spacial score (nSPS) is 19.2. The zero-order chi connectivity index (χ0) is 20.2. The molecule has 1 heterocycles. The molecule has 0 N–H and O–H groups in total. The van der Waals surface area contributed by atoms with Crippen molar-refractivity contribution in [1.82, 2.24) is 0 Å². The SMILES string of the molecule is CCOC(=O)CC(B1OC(C)(C)C(C)(C)O1)c1ccc(OCC(C)C)cc1. The second kappa shape index (κ2) is 8.66. The van der Waals surface area contributed by atoms with Crippen LogP contribution in [0.15, 0.2) is 24.3 Å². The molecule has 1 aliphatic heterocycles. The first-order chi connectivity index (χ1) is 12.6. The highest BCUT2D eigenvalue weighted by atomic mass is 16.7. The number of esters is 1. The molecule has 0 aromatic heterocycles. The summed E-state index contributed by atoms with van der Waals surface area (Å²) >= 11 is 0. The van der Waals surface area contributed by atoms with Crippen molar-refractivity contribution in [2.45, 2.75) is 71.9 Å². The summed E-state index contributed by atoms with van der Waals surface area (Å²) in [7, 11) is -0.512. The van der Waals surface area contributed by atoms with E-state index < -0.39 is 18.3 Å². The highest BCUT2D eigenvalue weighted by Crippen LogP contribution is 2.42. The van der Waals surface area contributed by atoms with Gasteiger partial charge in [-0.1, -0.05) is 26.0 Å². The molecule has 0 bridgehead atoms. The predicted molar refractivity (Wildman–Crippen MR) is 107 cm³/mol. The predicted octanol–water partition coefficient (Wildman–Crippen LogP) is 4.39. The van der Waals surface area contributed by atoms with Crippen LogP contribution in [0.1, 0.15) is 66.3 Å². The van der Waals surface area contributed by atoms with Gasteiger partial charge in [0.25, 0.3) is 0 Å². The van der Waals surface area contributed by atoms with Gasteiger partial charge in [-0.05, 0) is 58.2 Å². The van der Waals surface area contributed by atoms with Crippen molar-refractivity contribution in [2.24, 2.45) is 5.92 Å². The van der Waals surface area contributed by atoms with Crippen LogP contribution in [0, 0.1) is 5.92 Å². The molecule has 0 aliphatic carbocycles. The number of carbonyl (C=O) groups excluding carboxylic acids is 1. The van der Waals surface area contributed by atoms with Gasteiger partial charge < -0.3 is 18.8 Å². The molecule has 1 saturated heterocycles. The number of ether oxygens (including phenoxy) is 2. The minimum atomic E-state index is -0.512. The Balaban J connectivity index is 2.21. The lowest BCUT2D eigenvalue weighted by molar-refractivity contribution is -0.143. The number of hydrogen-bond donors (Lipinski definition) is 0. The van der Waals surface area contributed by atoms with Crippen molar-refractivity contribution in [3.63, 3.8) is 0 Å². The third-order valence-corrected chi connectivity index (χ3v) is 5.18. The third kappa shape index (κ3) is 5.49. The molecule has 6 heteroatoms. The zero-order valence-corrected chi connectivity index (χ0v) is 17.7. The van der Waals surface area contributed by atoms with Crippen LogP contribution in [0.3, 0.4) is 0 Å². The first-order valence-corrected chi connectivity index (χ1v) is 9.79. The van der Waals surface area contributed by atoms with Gasteiger partial charge in [0.2, 0.25) is 0 Å². The Labute approximate surface area is 163 Å². The van der Waals surface area contributed by atoms with Gasteiger partial charge in [0.1, 0.15) is 5.75 Å². The largest absolute Gasteiger partial charge is 0.493 e. The summed E-state index contributed by atoms with van der Waals surface area (Å²) in [5.41, 5.74) is 0.0638. The topological polar surface area (TPSA) is 54.0 Å². The Morgan fingerprint density at radius 3 is 2.11 bits per heavy atom. The van der Waals surface area contributed by atoms with Gasteiger partial charge in [-0.3, -0.25) is 4.79 Å². The van der Waals surface area contributed by atoms with Crippen LogP contribution in [0.4, 0.5) is 0 Å². The number of carbonyl (C=O) groups is 1. The molecule has 0 radical (unpaired) electrons. The molecule has 1 aliphatic rings. The average molecular weight is 376 g/mol. The Bertz CT molecular complexity index is 608. The zero-order valence-electron chi connectivity index (χ0n) is 17.7. The van der Waals surface area contributed by atoms with Gasteiger partial charge in [0, 0.05) is 5.82 Å². The van der Waals surface area contributed by atoms with Gasteiger partial charge in [0.15, 0.2) is 0 Å². The quantitative estimate of drug-likeness (QED) is 0.498. The minimum Gasteiger partial charge on any atom is -0.493 e. The fourth-order valence-electron chi connectivity index (χ4n) is 2.90. The van der Waals surface area contributed by atoms with Gasteiger partial charge in [-0.25, -0.2) is 0 Å². The van der Waals surface area contributed by atoms with E-state index in [0.29, 0.717) is 19.1 Å². The fourth-order valence-corrected chi connectivity index (χ4v) is 2.90. The molecule has 5 nitrogen and oxygen atoms in total. The maximum atomic E-state index is 12.2. The summed E-state index contributed by atoms with van der Waals surface area (Å²) in [6, 6.07) is 7.82. The van der Waals surface area contributed by atoms with Crippen LogP contribution in [0.5, 0.6) is 5.75 Å². The summed E-state index contributed by atoms with van der Waals surface area (Å²) in [4.78, 5) is 12.2. The summed E-state index contributed by atoms with van der Waals surface area (Å²) in [6.07, 6.45) is 0.205. The Morgan fingerprint density at radius 2 is 1.63 bits per heavy atom. The number of rotatable bonds is 8. The molecule has 1 fully saturated rings. The lowest BCUT2D eigenvalue weighted by atomic mass is 9.66. The van der Waals surface area contributed by atoms with Crippen LogP contribution in [0.2, 0.25) is 0 Å². The summed E-state index contributed by atoms with van der Waals surface area (Å²) in [5, 5.41) is 0. The van der Waals surface area contributed by atoms with Crippen molar-refractivity contribution < 1.29 is 23.6 Å². The van der Waals surface area contributed by atoms with E-state index in [9.17, 15) is 4.79 Å². The molecule has 0 amide bonds. The lowest BCUT2D eigenvalue weighted by Crippen LogP contribution is -2.41. The van der Waals surface area contributed by atoms with Gasteiger partial charge >= 0.3 is 13.1 Å². The molecular formula is C21H33BO5. The Morgan fingerprint density at radius 1 is 1.07 bits per heavy atom. The second-order valence-electron chi connectivity index (χ2n) is 8.51. The van der Waals surface area contributed by atoms with Crippen molar-refractivity contribution in [2.75, 3.05) is 13.2 Å². The Hall–Kier alpha value is -1.53. The van der Waals surface area contributed by atoms with Crippen LogP contribution in [-0.4, -0.2) is 37.5 Å². The minimum absolute atomic E-state index is 0.205. The molecule has 27 heavy (non-hydrogen) atoms. The van der Waals surface area contributed by atoms with Crippen molar-refractivity contribution in [3.8, 4) is 5.75 Å². The van der Waals surface area contributed by atoms with Gasteiger partial charge in [-0.2, -0.15) is 0 Å². The smallest absolute Gasteiger partial charge is 0.466 e. The van der Waals surface area contributed by atoms with Gasteiger partial charge in [0.05, 0.1) is 30.8 Å². The monoisotopic (exact) mass is 376 g/mol. The molecule has 1 aromatic carbocycles. The highest BCUT2D eigenvalue weighted by molar-refractivity contribution is 6.48. The standard InChI is InChI=1S/C21H33BO5/c1-8-24-19(23)13-18(22-26-20(4,5)21(6,7)27-22)16-9-11-17(12-10-16)25-14-15(2)3/h9-12,15,18H,8,13-14H2,1-7H3. The van der Waals surface area contributed by atoms with E-state index in [4.69, 9.17) is 18.8 Å². The van der Waals surface area contributed by atoms with E-state index >= 15 is 0 Å². The Kier molecular flexibility index (Phi) is 6.98. The van der Waals surface area contributed by atoms with E-state index in [1.807, 2.05) is 58.9 Å². The molecule has 0 spiro atoms. The maximum absolute atomic E-state index is 12.2.